The van der Waals surface area contributed by atoms with E-state index in [1.807, 2.05) is 6.92 Å². The van der Waals surface area contributed by atoms with Crippen LogP contribution in [-0.2, 0) is 6.42 Å². The molecule has 2 rings (SSSR count). The SMILES string of the molecule is Cc1c(CC(C)C)sc2nc(C(=O)[O-])[nH]c(=O)c12.O.[K+].[K+]. The molecule has 6 nitrogen and oxygen atoms in total. The molecule has 0 unspecified atom stereocenters. The van der Waals surface area contributed by atoms with Crippen LogP contribution in [0.1, 0.15) is 34.9 Å². The van der Waals surface area contributed by atoms with Gasteiger partial charge in [-0.1, -0.05) is 13.8 Å². The summed E-state index contributed by atoms with van der Waals surface area (Å²) in [5.74, 6) is -1.41. The van der Waals surface area contributed by atoms with Crippen molar-refractivity contribution in [2.24, 2.45) is 5.92 Å². The Bertz CT molecular complexity index is 682. The van der Waals surface area contributed by atoms with E-state index in [9.17, 15) is 14.7 Å². The molecule has 0 saturated heterocycles. The van der Waals surface area contributed by atoms with E-state index in [0.717, 1.165) is 16.9 Å². The van der Waals surface area contributed by atoms with Crippen LogP contribution in [0.4, 0.5) is 0 Å². The van der Waals surface area contributed by atoms with Crippen molar-refractivity contribution in [2.75, 3.05) is 0 Å². The van der Waals surface area contributed by atoms with Crippen LogP contribution in [0.15, 0.2) is 4.79 Å². The van der Waals surface area contributed by atoms with Gasteiger partial charge in [0.15, 0.2) is 5.82 Å². The number of carboxylic acids is 1. The van der Waals surface area contributed by atoms with Crippen LogP contribution in [-0.4, -0.2) is 21.4 Å². The largest absolute Gasteiger partial charge is 1.00 e. The molecule has 3 N–H and O–H groups in total. The van der Waals surface area contributed by atoms with Crippen LogP contribution >= 0.6 is 11.3 Å². The Morgan fingerprint density at radius 1 is 1.38 bits per heavy atom. The minimum absolute atomic E-state index is 0. The van der Waals surface area contributed by atoms with E-state index in [0.29, 0.717) is 16.1 Å². The van der Waals surface area contributed by atoms with Crippen LogP contribution in [0.25, 0.3) is 10.2 Å². The second-order valence-corrected chi connectivity index (χ2v) is 5.71. The van der Waals surface area contributed by atoms with E-state index in [2.05, 4.69) is 23.8 Å². The van der Waals surface area contributed by atoms with Gasteiger partial charge < -0.3 is 20.4 Å². The Balaban J connectivity index is 0. The molecule has 21 heavy (non-hydrogen) atoms. The molecule has 0 amide bonds. The van der Waals surface area contributed by atoms with Gasteiger partial charge in [-0.05, 0) is 24.8 Å². The summed E-state index contributed by atoms with van der Waals surface area (Å²) in [6, 6.07) is 0. The number of fused-ring (bicyclic) bond motifs is 1. The maximum atomic E-state index is 11.8. The van der Waals surface area contributed by atoms with E-state index >= 15 is 0 Å². The molecule has 0 bridgehead atoms. The molecule has 2 heterocycles. The number of carbonyl (C=O) groups is 1. The summed E-state index contributed by atoms with van der Waals surface area (Å²) < 4.78 is 0. The number of hydrogen-bond donors (Lipinski definition) is 1. The Kier molecular flexibility index (Phi) is 12.3. The van der Waals surface area contributed by atoms with Crippen molar-refractivity contribution in [1.29, 1.82) is 0 Å². The average Bonchev–Trinajstić information content (AvgIpc) is 2.55. The number of nitrogens with one attached hydrogen (secondary N) is 1. The number of nitrogens with zero attached hydrogens (tertiary/aromatic N) is 1. The summed E-state index contributed by atoms with van der Waals surface area (Å²) in [6.07, 6.45) is 0.854. The zero-order valence-electron chi connectivity index (χ0n) is 12.9. The van der Waals surface area contributed by atoms with Gasteiger partial charge in [0.1, 0.15) is 10.8 Å². The fraction of sp³-hybridized carbons (Fsp3) is 0.417. The molecule has 0 fully saturated rings. The van der Waals surface area contributed by atoms with Gasteiger partial charge in [0, 0.05) is 4.88 Å². The van der Waals surface area contributed by atoms with Crippen LogP contribution in [0, 0.1) is 12.8 Å². The third-order valence-electron chi connectivity index (χ3n) is 2.69. The summed E-state index contributed by atoms with van der Waals surface area (Å²) >= 11 is 1.38. The summed E-state index contributed by atoms with van der Waals surface area (Å²) in [5, 5.41) is 11.2. The second kappa shape index (κ2) is 10.4. The predicted molar refractivity (Wildman–Crippen MR) is 71.5 cm³/mol. The van der Waals surface area contributed by atoms with Gasteiger partial charge in [-0.25, -0.2) is 4.98 Å². The zero-order valence-corrected chi connectivity index (χ0v) is 19.9. The summed E-state index contributed by atoms with van der Waals surface area (Å²) in [4.78, 5) is 30.3. The first-order chi connectivity index (χ1) is 8.40. The molecule has 0 aromatic carbocycles. The fourth-order valence-corrected chi connectivity index (χ4v) is 3.24. The van der Waals surface area contributed by atoms with Crippen LogP contribution in [0.3, 0.4) is 0 Å². The standard InChI is InChI=1S/C12H14N2O3S.2K.H2O/c1-5(2)4-7-6(3)8-10(15)13-9(12(16)17)14-11(8)18-7;;;/h5H,4H2,1-3H3,(H,16,17)(H,13,14,15);;;1H2/q;2*+1;/p-1. The number of aromatic carboxylic acids is 1. The number of rotatable bonds is 3. The van der Waals surface area contributed by atoms with Gasteiger partial charge in [0.2, 0.25) is 0 Å². The molecule has 0 aliphatic heterocycles. The van der Waals surface area contributed by atoms with Crippen molar-refractivity contribution in [2.45, 2.75) is 27.2 Å². The van der Waals surface area contributed by atoms with Gasteiger partial charge >= 0.3 is 103 Å². The third-order valence-corrected chi connectivity index (χ3v) is 3.89. The van der Waals surface area contributed by atoms with E-state index < -0.39 is 17.4 Å². The van der Waals surface area contributed by atoms with Crippen molar-refractivity contribution >= 4 is 27.5 Å². The van der Waals surface area contributed by atoms with Gasteiger partial charge in [0.05, 0.1) is 5.39 Å². The van der Waals surface area contributed by atoms with Crippen LogP contribution in [0.5, 0.6) is 0 Å². The van der Waals surface area contributed by atoms with Crippen LogP contribution < -0.4 is 113 Å². The van der Waals surface area contributed by atoms with Crippen molar-refractivity contribution in [3.05, 3.63) is 26.6 Å². The van der Waals surface area contributed by atoms with Gasteiger partial charge in [0.25, 0.3) is 5.56 Å². The average molecular weight is 362 g/mol. The monoisotopic (exact) mass is 361 g/mol. The van der Waals surface area contributed by atoms with Crippen molar-refractivity contribution in [3.63, 3.8) is 0 Å². The molecule has 0 spiro atoms. The zero-order chi connectivity index (χ0) is 13.4. The van der Waals surface area contributed by atoms with E-state index in [1.165, 1.54) is 11.3 Å². The Hall–Kier alpha value is 1.54. The topological polar surface area (TPSA) is 117 Å². The molecular formula is C12H15K2N2O4S+. The third kappa shape index (κ3) is 5.84. The first-order valence-electron chi connectivity index (χ1n) is 5.63. The van der Waals surface area contributed by atoms with E-state index in [-0.39, 0.29) is 108 Å². The molecule has 104 valence electrons. The van der Waals surface area contributed by atoms with E-state index in [1.54, 1.807) is 0 Å². The number of carboxylic acid groups (broad SMARTS) is 1. The summed E-state index contributed by atoms with van der Waals surface area (Å²) in [5.41, 5.74) is 0.477. The quantitative estimate of drug-likeness (QED) is 0.548. The molecular weight excluding hydrogens is 346 g/mol. The number of H-pyrrole nitrogens is 1. The number of thiophene rings is 1. The normalized spacial score (nSPS) is 9.71. The number of aromatic nitrogens is 2. The minimum Gasteiger partial charge on any atom is -0.542 e. The number of carbonyl (C=O) groups excluding carboxylic acids is 1. The molecule has 0 aliphatic rings. The van der Waals surface area contributed by atoms with Gasteiger partial charge in [-0.3, -0.25) is 4.79 Å². The number of aromatic amines is 1. The predicted octanol–water partition coefficient (Wildman–Crippen LogP) is -5.96. The van der Waals surface area contributed by atoms with Gasteiger partial charge in [-0.15, -0.1) is 11.3 Å². The molecule has 0 radical (unpaired) electrons. The Morgan fingerprint density at radius 2 is 1.95 bits per heavy atom. The molecule has 2 aromatic rings. The van der Waals surface area contributed by atoms with Crippen molar-refractivity contribution < 1.29 is 118 Å². The summed E-state index contributed by atoms with van der Waals surface area (Å²) in [6.45, 7) is 6.05. The van der Waals surface area contributed by atoms with Crippen molar-refractivity contribution in [3.8, 4) is 0 Å². The number of hydrogen-bond acceptors (Lipinski definition) is 5. The minimum atomic E-state index is -1.47. The Morgan fingerprint density at radius 3 is 2.43 bits per heavy atom. The van der Waals surface area contributed by atoms with Crippen molar-refractivity contribution in [1.82, 2.24) is 9.97 Å². The summed E-state index contributed by atoms with van der Waals surface area (Å²) in [7, 11) is 0. The molecule has 2 aromatic heterocycles. The maximum Gasteiger partial charge on any atom is 1.00 e. The molecule has 0 atom stereocenters. The maximum absolute atomic E-state index is 11.8. The first-order valence-corrected chi connectivity index (χ1v) is 6.45. The van der Waals surface area contributed by atoms with Crippen LogP contribution in [0.2, 0.25) is 0 Å². The molecule has 0 aliphatic carbocycles. The second-order valence-electron chi connectivity index (χ2n) is 4.63. The Labute approximate surface area is 211 Å². The first kappa shape index (κ1) is 24.8. The molecule has 9 heteroatoms. The van der Waals surface area contributed by atoms with E-state index in [4.69, 9.17) is 0 Å². The van der Waals surface area contributed by atoms with Gasteiger partial charge in [-0.2, -0.15) is 0 Å². The fourth-order valence-electron chi connectivity index (χ4n) is 1.85. The molecule has 0 saturated carbocycles. The smallest absolute Gasteiger partial charge is 0.542 e. The number of aryl methyl sites for hydroxylation is 1.